The van der Waals surface area contributed by atoms with Crippen molar-refractivity contribution in [2.75, 3.05) is 18.4 Å². The molecule has 4 heterocycles. The first-order valence-corrected chi connectivity index (χ1v) is 13.7. The molecule has 1 aliphatic rings. The summed E-state index contributed by atoms with van der Waals surface area (Å²) in [6.07, 6.45) is 4.01. The fraction of sp³-hybridized carbons (Fsp3) is 0.433. The van der Waals surface area contributed by atoms with Gasteiger partial charge in [0.2, 0.25) is 0 Å². The normalized spacial score (nSPS) is 16.0. The molecular weight excluding hydrogens is 522 g/mol. The van der Waals surface area contributed by atoms with E-state index in [2.05, 4.69) is 16.5 Å². The van der Waals surface area contributed by atoms with Crippen LogP contribution in [0.4, 0.5) is 15.4 Å². The molecule has 0 radical (unpaired) electrons. The number of rotatable bonds is 3. The SMILES string of the molecule is CC(C)(C)OC(=O)N1CCC[C@H](Nc2cc(-c3cn(C(=O)OC(C)(C)C)c4ccccc34)nc3c(C#N)cnn23)C1. The lowest BCUT2D eigenvalue weighted by molar-refractivity contribution is 0.0206. The third-order valence-electron chi connectivity index (χ3n) is 6.60. The number of aromatic nitrogens is 4. The lowest BCUT2D eigenvalue weighted by Gasteiger charge is -2.34. The van der Waals surface area contributed by atoms with Gasteiger partial charge in [-0.05, 0) is 60.5 Å². The third kappa shape index (κ3) is 5.96. The molecule has 0 saturated carbocycles. The van der Waals surface area contributed by atoms with E-state index in [9.17, 15) is 14.9 Å². The largest absolute Gasteiger partial charge is 0.444 e. The van der Waals surface area contributed by atoms with E-state index in [4.69, 9.17) is 14.5 Å². The Kier molecular flexibility index (Phi) is 7.11. The smallest absolute Gasteiger partial charge is 0.419 e. The molecule has 1 fully saturated rings. The van der Waals surface area contributed by atoms with Crippen molar-refractivity contribution in [2.24, 2.45) is 0 Å². The number of nitriles is 1. The van der Waals surface area contributed by atoms with Crippen molar-refractivity contribution in [3.8, 4) is 17.3 Å². The molecule has 1 aromatic carbocycles. The summed E-state index contributed by atoms with van der Waals surface area (Å²) in [5, 5.41) is 18.5. The van der Waals surface area contributed by atoms with Crippen LogP contribution in [0.15, 0.2) is 42.7 Å². The van der Waals surface area contributed by atoms with Crippen LogP contribution < -0.4 is 5.32 Å². The average Bonchev–Trinajstić information content (AvgIpc) is 3.49. The highest BCUT2D eigenvalue weighted by atomic mass is 16.6. The first kappa shape index (κ1) is 28.0. The predicted octanol–water partition coefficient (Wildman–Crippen LogP) is 5.82. The van der Waals surface area contributed by atoms with Crippen molar-refractivity contribution in [1.29, 1.82) is 5.26 Å². The number of nitrogens with zero attached hydrogens (tertiary/aromatic N) is 6. The predicted molar refractivity (Wildman–Crippen MR) is 155 cm³/mol. The fourth-order valence-electron chi connectivity index (χ4n) is 4.92. The first-order chi connectivity index (χ1) is 19.3. The summed E-state index contributed by atoms with van der Waals surface area (Å²) in [7, 11) is 0. The number of likely N-dealkylation sites (tertiary alicyclic amines) is 1. The Morgan fingerprint density at radius 1 is 1.07 bits per heavy atom. The molecule has 1 amide bonds. The van der Waals surface area contributed by atoms with Gasteiger partial charge in [-0.3, -0.25) is 4.57 Å². The molecule has 11 heteroatoms. The van der Waals surface area contributed by atoms with Crippen molar-refractivity contribution < 1.29 is 19.1 Å². The molecule has 1 aliphatic heterocycles. The number of carbonyl (C=O) groups is 2. The minimum Gasteiger partial charge on any atom is -0.444 e. The highest BCUT2D eigenvalue weighted by Crippen LogP contribution is 2.33. The van der Waals surface area contributed by atoms with E-state index >= 15 is 0 Å². The van der Waals surface area contributed by atoms with Crippen LogP contribution in [0.25, 0.3) is 27.8 Å². The zero-order valence-corrected chi connectivity index (χ0v) is 24.3. The van der Waals surface area contributed by atoms with Gasteiger partial charge in [0.15, 0.2) is 5.65 Å². The topological polar surface area (TPSA) is 127 Å². The van der Waals surface area contributed by atoms with E-state index < -0.39 is 17.3 Å². The molecule has 0 unspecified atom stereocenters. The van der Waals surface area contributed by atoms with Gasteiger partial charge in [-0.15, -0.1) is 0 Å². The monoisotopic (exact) mass is 557 g/mol. The fourth-order valence-corrected chi connectivity index (χ4v) is 4.92. The summed E-state index contributed by atoms with van der Waals surface area (Å²) in [6.45, 7) is 12.1. The molecule has 0 aliphatic carbocycles. The van der Waals surface area contributed by atoms with Crippen LogP contribution in [0.2, 0.25) is 0 Å². The number of para-hydroxylation sites is 1. The number of hydrogen-bond donors (Lipinski definition) is 1. The van der Waals surface area contributed by atoms with Gasteiger partial charge < -0.3 is 19.7 Å². The molecule has 3 aromatic heterocycles. The van der Waals surface area contributed by atoms with Crippen molar-refractivity contribution in [3.63, 3.8) is 0 Å². The van der Waals surface area contributed by atoms with Crippen LogP contribution in [-0.4, -0.2) is 66.6 Å². The van der Waals surface area contributed by atoms with Gasteiger partial charge in [0.25, 0.3) is 0 Å². The Bertz CT molecular complexity index is 1670. The van der Waals surface area contributed by atoms with E-state index in [1.807, 2.05) is 71.9 Å². The quantitative estimate of drug-likeness (QED) is 0.334. The number of amides is 1. The van der Waals surface area contributed by atoms with Gasteiger partial charge in [0.1, 0.15) is 28.7 Å². The molecule has 1 saturated heterocycles. The lowest BCUT2D eigenvalue weighted by atomic mass is 10.1. The van der Waals surface area contributed by atoms with Gasteiger partial charge in [-0.1, -0.05) is 18.2 Å². The molecule has 1 atom stereocenters. The minimum atomic E-state index is -0.663. The standard InChI is InChI=1S/C30H35N7O4/c1-29(2,3)40-27(38)35-13-9-10-20(17-35)33-25-14-23(34-26-19(15-31)16-32-37(25)26)22-18-36(28(39)41-30(4,5)6)24-12-8-7-11-21(22)24/h7-8,11-12,14,16,18,20,33H,9-10,13,17H2,1-6H3/t20-/m0/s1. The summed E-state index contributed by atoms with van der Waals surface area (Å²) in [6, 6.07) is 11.5. The average molecular weight is 558 g/mol. The van der Waals surface area contributed by atoms with E-state index in [-0.39, 0.29) is 12.1 Å². The van der Waals surface area contributed by atoms with Crippen LogP contribution in [-0.2, 0) is 9.47 Å². The Balaban J connectivity index is 1.54. The van der Waals surface area contributed by atoms with E-state index in [0.29, 0.717) is 46.9 Å². The summed E-state index contributed by atoms with van der Waals surface area (Å²) < 4.78 is 14.3. The maximum Gasteiger partial charge on any atom is 0.419 e. The summed E-state index contributed by atoms with van der Waals surface area (Å²) in [4.78, 5) is 32.4. The Morgan fingerprint density at radius 2 is 1.78 bits per heavy atom. The number of ether oxygens (including phenoxy) is 2. The first-order valence-electron chi connectivity index (χ1n) is 13.7. The van der Waals surface area contributed by atoms with Crippen molar-refractivity contribution in [2.45, 2.75) is 71.6 Å². The molecule has 0 spiro atoms. The molecule has 4 aromatic rings. The minimum absolute atomic E-state index is 0.0763. The summed E-state index contributed by atoms with van der Waals surface area (Å²) >= 11 is 0. The number of nitrogens with one attached hydrogen (secondary N) is 1. The Labute approximate surface area is 238 Å². The maximum absolute atomic E-state index is 13.1. The number of anilines is 1. The summed E-state index contributed by atoms with van der Waals surface area (Å²) in [5.74, 6) is 0.622. The van der Waals surface area contributed by atoms with Crippen molar-refractivity contribution in [3.05, 3.63) is 48.3 Å². The Hall–Kier alpha value is -4.59. The van der Waals surface area contributed by atoms with Crippen LogP contribution >= 0.6 is 0 Å². The molecule has 5 rings (SSSR count). The number of piperidine rings is 1. The second-order valence-corrected chi connectivity index (χ2v) is 12.3. The van der Waals surface area contributed by atoms with Crippen LogP contribution in [0.5, 0.6) is 0 Å². The van der Waals surface area contributed by atoms with E-state index in [0.717, 1.165) is 18.2 Å². The summed E-state index contributed by atoms with van der Waals surface area (Å²) in [5.41, 5.74) is 1.43. The van der Waals surface area contributed by atoms with Gasteiger partial charge in [-0.25, -0.2) is 14.6 Å². The highest BCUT2D eigenvalue weighted by molar-refractivity contribution is 6.00. The number of carbonyl (C=O) groups excluding carboxylic acids is 2. The third-order valence-corrected chi connectivity index (χ3v) is 6.60. The van der Waals surface area contributed by atoms with E-state index in [1.165, 1.54) is 10.8 Å². The van der Waals surface area contributed by atoms with Crippen molar-refractivity contribution in [1.82, 2.24) is 24.1 Å². The Morgan fingerprint density at radius 3 is 2.49 bits per heavy atom. The molecule has 41 heavy (non-hydrogen) atoms. The number of hydrogen-bond acceptors (Lipinski definition) is 8. The van der Waals surface area contributed by atoms with Crippen LogP contribution in [0, 0.1) is 11.3 Å². The molecule has 0 bridgehead atoms. The zero-order valence-electron chi connectivity index (χ0n) is 24.3. The molecular formula is C30H35N7O4. The van der Waals surface area contributed by atoms with Crippen LogP contribution in [0.3, 0.4) is 0 Å². The molecule has 214 valence electrons. The second kappa shape index (κ2) is 10.4. The van der Waals surface area contributed by atoms with Gasteiger partial charge in [0, 0.05) is 42.3 Å². The number of fused-ring (bicyclic) bond motifs is 2. The zero-order chi connectivity index (χ0) is 29.5. The van der Waals surface area contributed by atoms with Gasteiger partial charge in [-0.2, -0.15) is 14.9 Å². The van der Waals surface area contributed by atoms with E-state index in [1.54, 1.807) is 15.6 Å². The van der Waals surface area contributed by atoms with Gasteiger partial charge >= 0.3 is 12.2 Å². The second-order valence-electron chi connectivity index (χ2n) is 12.3. The van der Waals surface area contributed by atoms with Crippen molar-refractivity contribution >= 4 is 34.6 Å². The molecule has 1 N–H and O–H groups in total. The molecule has 11 nitrogen and oxygen atoms in total. The van der Waals surface area contributed by atoms with Crippen LogP contribution in [0.1, 0.15) is 59.9 Å². The lowest BCUT2D eigenvalue weighted by Crippen LogP contribution is -2.47. The number of benzene rings is 1. The highest BCUT2D eigenvalue weighted by Gasteiger charge is 2.29. The van der Waals surface area contributed by atoms with Gasteiger partial charge in [0.05, 0.1) is 17.4 Å². The maximum atomic E-state index is 13.1.